The van der Waals surface area contributed by atoms with E-state index < -0.39 is 0 Å². The first-order chi connectivity index (χ1) is 11.3. The van der Waals surface area contributed by atoms with E-state index >= 15 is 0 Å². The molecular weight excluding hydrogens is 354 g/mol. The van der Waals surface area contributed by atoms with Gasteiger partial charge in [-0.3, -0.25) is 9.98 Å². The van der Waals surface area contributed by atoms with Crippen molar-refractivity contribution >= 4 is 44.6 Å². The molecule has 3 heterocycles. The Morgan fingerprint density at radius 3 is 2.91 bits per heavy atom. The number of hydrogen-bond acceptors (Lipinski definition) is 4. The molecule has 5 heteroatoms. The van der Waals surface area contributed by atoms with Crippen molar-refractivity contribution in [3.63, 3.8) is 0 Å². The Morgan fingerprint density at radius 1 is 1.17 bits per heavy atom. The van der Waals surface area contributed by atoms with Gasteiger partial charge in [-0.05, 0) is 53.0 Å². The number of aliphatic imine (C=N–C) groups is 1. The van der Waals surface area contributed by atoms with Crippen LogP contribution in [0.4, 0.5) is 11.6 Å². The van der Waals surface area contributed by atoms with Crippen molar-refractivity contribution in [3.05, 3.63) is 52.8 Å². The highest BCUT2D eigenvalue weighted by molar-refractivity contribution is 9.10. The lowest BCUT2D eigenvalue weighted by Crippen LogP contribution is -2.17. The number of aromatic nitrogens is 1. The highest BCUT2D eigenvalue weighted by Crippen LogP contribution is 2.32. The molecule has 0 saturated carbocycles. The molecule has 0 radical (unpaired) electrons. The summed E-state index contributed by atoms with van der Waals surface area (Å²) < 4.78 is 6.91. The van der Waals surface area contributed by atoms with Crippen LogP contribution in [0.3, 0.4) is 0 Å². The number of furan rings is 1. The Morgan fingerprint density at radius 2 is 2.04 bits per heavy atom. The molecule has 4 rings (SSSR count). The Balaban J connectivity index is 1.58. The molecule has 1 aliphatic rings. The summed E-state index contributed by atoms with van der Waals surface area (Å²) in [7, 11) is 0. The van der Waals surface area contributed by atoms with E-state index in [1.54, 1.807) is 12.4 Å². The van der Waals surface area contributed by atoms with Crippen LogP contribution in [-0.2, 0) is 0 Å². The van der Waals surface area contributed by atoms with Crippen molar-refractivity contribution in [1.82, 2.24) is 4.98 Å². The van der Waals surface area contributed by atoms with Crippen LogP contribution >= 0.6 is 15.9 Å². The predicted molar refractivity (Wildman–Crippen MR) is 96.9 cm³/mol. The second kappa shape index (κ2) is 6.16. The van der Waals surface area contributed by atoms with E-state index in [4.69, 9.17) is 4.42 Å². The number of fused-ring (bicyclic) bond motifs is 1. The first-order valence-corrected chi connectivity index (χ1v) is 8.52. The lowest BCUT2D eigenvalue weighted by atomic mass is 10.2. The summed E-state index contributed by atoms with van der Waals surface area (Å²) in [5.74, 6) is 1.66. The number of nitrogens with zero attached hydrogens (tertiary/aromatic N) is 3. The largest absolute Gasteiger partial charge is 0.438 e. The highest BCUT2D eigenvalue weighted by Gasteiger charge is 2.19. The normalized spacial score (nSPS) is 15.1. The second-order valence-corrected chi connectivity index (χ2v) is 6.49. The third-order valence-electron chi connectivity index (χ3n) is 4.01. The zero-order valence-corrected chi connectivity index (χ0v) is 14.2. The average molecular weight is 370 g/mol. The molecule has 2 aromatic heterocycles. The van der Waals surface area contributed by atoms with Crippen LogP contribution in [0.5, 0.6) is 0 Å². The number of rotatable bonds is 3. The van der Waals surface area contributed by atoms with Crippen LogP contribution in [-0.4, -0.2) is 24.3 Å². The summed E-state index contributed by atoms with van der Waals surface area (Å²) in [6.07, 6.45) is 6.01. The van der Waals surface area contributed by atoms with Crippen molar-refractivity contribution in [2.24, 2.45) is 4.99 Å². The van der Waals surface area contributed by atoms with Gasteiger partial charge in [-0.1, -0.05) is 6.07 Å². The van der Waals surface area contributed by atoms with Gasteiger partial charge in [0.15, 0.2) is 0 Å². The minimum Gasteiger partial charge on any atom is -0.438 e. The molecule has 1 saturated heterocycles. The maximum atomic E-state index is 5.92. The molecule has 116 valence electrons. The SMILES string of the molecule is Brc1cc(C=Nc2ccc3ncccc3c2)oc1N1CCCC1. The molecule has 3 aromatic rings. The van der Waals surface area contributed by atoms with Crippen LogP contribution in [0.25, 0.3) is 10.9 Å². The maximum absolute atomic E-state index is 5.92. The number of pyridine rings is 1. The molecule has 0 atom stereocenters. The van der Waals surface area contributed by atoms with Crippen LogP contribution in [0.15, 0.2) is 56.5 Å². The fraction of sp³-hybridized carbons (Fsp3) is 0.222. The molecular formula is C18H16BrN3O. The molecule has 0 unspecified atom stereocenters. The average Bonchev–Trinajstić information content (AvgIpc) is 3.22. The third kappa shape index (κ3) is 3.01. The molecule has 1 aromatic carbocycles. The van der Waals surface area contributed by atoms with Gasteiger partial charge in [-0.25, -0.2) is 0 Å². The lowest BCUT2D eigenvalue weighted by Gasteiger charge is -2.13. The van der Waals surface area contributed by atoms with Gasteiger partial charge in [0.2, 0.25) is 5.88 Å². The molecule has 0 amide bonds. The fourth-order valence-electron chi connectivity index (χ4n) is 2.86. The first kappa shape index (κ1) is 14.5. The summed E-state index contributed by atoms with van der Waals surface area (Å²) in [4.78, 5) is 11.1. The zero-order chi connectivity index (χ0) is 15.6. The zero-order valence-electron chi connectivity index (χ0n) is 12.6. The quantitative estimate of drug-likeness (QED) is 0.613. The van der Waals surface area contributed by atoms with Crippen molar-refractivity contribution < 1.29 is 4.42 Å². The van der Waals surface area contributed by atoms with Crippen LogP contribution in [0, 0.1) is 0 Å². The molecule has 0 N–H and O–H groups in total. The minimum atomic E-state index is 0.755. The Labute approximate surface area is 143 Å². The number of halogens is 1. The van der Waals surface area contributed by atoms with Crippen molar-refractivity contribution in [2.75, 3.05) is 18.0 Å². The van der Waals surface area contributed by atoms with Gasteiger partial charge in [-0.15, -0.1) is 0 Å². The second-order valence-electron chi connectivity index (χ2n) is 5.63. The lowest BCUT2D eigenvalue weighted by molar-refractivity contribution is 0.549. The van der Waals surface area contributed by atoms with E-state index in [0.717, 1.165) is 45.8 Å². The van der Waals surface area contributed by atoms with E-state index in [9.17, 15) is 0 Å². The van der Waals surface area contributed by atoms with Gasteiger partial charge in [0, 0.05) is 30.7 Å². The van der Waals surface area contributed by atoms with Gasteiger partial charge in [-0.2, -0.15) is 0 Å². The van der Waals surface area contributed by atoms with E-state index in [0.29, 0.717) is 0 Å². The molecule has 1 aliphatic heterocycles. The van der Waals surface area contributed by atoms with Gasteiger partial charge < -0.3 is 9.32 Å². The minimum absolute atomic E-state index is 0.755. The van der Waals surface area contributed by atoms with E-state index in [1.165, 1.54) is 12.8 Å². The highest BCUT2D eigenvalue weighted by atomic mass is 79.9. The van der Waals surface area contributed by atoms with Crippen molar-refractivity contribution in [1.29, 1.82) is 0 Å². The Bertz CT molecular complexity index is 866. The van der Waals surface area contributed by atoms with E-state index in [-0.39, 0.29) is 0 Å². The molecule has 23 heavy (non-hydrogen) atoms. The summed E-state index contributed by atoms with van der Waals surface area (Å²) in [5, 5.41) is 1.08. The van der Waals surface area contributed by atoms with Crippen LogP contribution in [0.1, 0.15) is 18.6 Å². The number of anilines is 1. The van der Waals surface area contributed by atoms with Gasteiger partial charge in [0.25, 0.3) is 0 Å². The predicted octanol–water partition coefficient (Wildman–Crippen LogP) is 4.94. The Kier molecular flexibility index (Phi) is 3.87. The molecule has 0 bridgehead atoms. The maximum Gasteiger partial charge on any atom is 0.210 e. The van der Waals surface area contributed by atoms with Crippen molar-refractivity contribution in [2.45, 2.75) is 12.8 Å². The molecule has 0 spiro atoms. The standard InChI is InChI=1S/C18H16BrN3O/c19-16-11-15(23-18(16)22-8-1-2-9-22)12-21-14-5-6-17-13(10-14)4-3-7-20-17/h3-7,10-12H,1-2,8-9H2. The third-order valence-corrected chi connectivity index (χ3v) is 4.58. The van der Waals surface area contributed by atoms with Crippen LogP contribution < -0.4 is 4.90 Å². The van der Waals surface area contributed by atoms with Gasteiger partial charge >= 0.3 is 0 Å². The summed E-state index contributed by atoms with van der Waals surface area (Å²) in [6, 6.07) is 11.9. The van der Waals surface area contributed by atoms with E-state index in [1.807, 2.05) is 36.4 Å². The monoisotopic (exact) mass is 369 g/mol. The topological polar surface area (TPSA) is 41.6 Å². The van der Waals surface area contributed by atoms with E-state index in [2.05, 4.69) is 30.8 Å². The Hall–Kier alpha value is -2.14. The summed E-state index contributed by atoms with van der Waals surface area (Å²) >= 11 is 3.58. The number of hydrogen-bond donors (Lipinski definition) is 0. The summed E-state index contributed by atoms with van der Waals surface area (Å²) in [5.41, 5.74) is 1.87. The summed E-state index contributed by atoms with van der Waals surface area (Å²) in [6.45, 7) is 2.11. The first-order valence-electron chi connectivity index (χ1n) is 7.73. The molecule has 1 fully saturated rings. The van der Waals surface area contributed by atoms with Gasteiger partial charge in [0.1, 0.15) is 5.76 Å². The van der Waals surface area contributed by atoms with Crippen molar-refractivity contribution in [3.8, 4) is 0 Å². The molecule has 0 aliphatic carbocycles. The molecule has 4 nitrogen and oxygen atoms in total. The van der Waals surface area contributed by atoms with Gasteiger partial charge in [0.05, 0.1) is 21.9 Å². The number of benzene rings is 1. The smallest absolute Gasteiger partial charge is 0.210 e. The van der Waals surface area contributed by atoms with Crippen LogP contribution in [0.2, 0.25) is 0 Å². The fourth-order valence-corrected chi connectivity index (χ4v) is 3.41.